The van der Waals surface area contributed by atoms with Crippen LogP contribution in [0.4, 0.5) is 0 Å². The van der Waals surface area contributed by atoms with Gasteiger partial charge in [0.2, 0.25) is 20.0 Å². The first kappa shape index (κ1) is 28.2. The number of methoxy groups -OCH3 is 2. The lowest BCUT2D eigenvalue weighted by molar-refractivity contribution is -0.125. The molecule has 1 amide bonds. The number of carbonyl (C=O) groups is 1. The number of nitrogens with zero attached hydrogens (tertiary/aromatic N) is 3. The smallest absolute Gasteiger partial charge is 0.259 e. The highest BCUT2D eigenvalue weighted by Crippen LogP contribution is 2.29. The molecule has 3 aromatic carbocycles. The van der Waals surface area contributed by atoms with Crippen molar-refractivity contribution in [2.75, 3.05) is 33.9 Å². The molecular formula is C26H28N4O7S2. The number of hydrogen-bond donors (Lipinski definition) is 1. The normalized spacial score (nSPS) is 17.1. The zero-order valence-corrected chi connectivity index (χ0v) is 22.9. The van der Waals surface area contributed by atoms with Gasteiger partial charge in [-0.2, -0.15) is 13.7 Å². The third kappa shape index (κ3) is 5.96. The lowest BCUT2D eigenvalue weighted by Gasteiger charge is -2.38. The zero-order chi connectivity index (χ0) is 28.0. The highest BCUT2D eigenvalue weighted by molar-refractivity contribution is 7.89. The van der Waals surface area contributed by atoms with Crippen LogP contribution in [0.25, 0.3) is 0 Å². The first-order chi connectivity index (χ1) is 18.7. The molecule has 0 saturated carbocycles. The number of para-hydroxylation sites is 1. The Morgan fingerprint density at radius 1 is 0.846 bits per heavy atom. The number of amides is 1. The molecule has 13 heteroatoms. The summed E-state index contributed by atoms with van der Waals surface area (Å²) in [6.07, 6.45) is 1.33. The predicted molar refractivity (Wildman–Crippen MR) is 145 cm³/mol. The van der Waals surface area contributed by atoms with Gasteiger partial charge in [-0.3, -0.25) is 4.79 Å². The maximum absolute atomic E-state index is 13.5. The monoisotopic (exact) mass is 572 g/mol. The van der Waals surface area contributed by atoms with E-state index in [2.05, 4.69) is 10.5 Å². The van der Waals surface area contributed by atoms with Gasteiger partial charge in [0.1, 0.15) is 6.04 Å². The molecule has 1 N–H and O–H groups in total. The van der Waals surface area contributed by atoms with Gasteiger partial charge in [0, 0.05) is 25.2 Å². The maximum Gasteiger partial charge on any atom is 0.259 e. The van der Waals surface area contributed by atoms with Gasteiger partial charge in [-0.15, -0.1) is 0 Å². The van der Waals surface area contributed by atoms with Crippen molar-refractivity contribution >= 4 is 32.2 Å². The van der Waals surface area contributed by atoms with Crippen molar-refractivity contribution in [1.82, 2.24) is 14.0 Å². The van der Waals surface area contributed by atoms with Crippen LogP contribution >= 0.6 is 0 Å². The number of benzene rings is 3. The summed E-state index contributed by atoms with van der Waals surface area (Å²) in [6, 6.07) is 19.2. The Bertz CT molecular complexity index is 1550. The number of hydrogen-bond acceptors (Lipinski definition) is 8. The van der Waals surface area contributed by atoms with Crippen molar-refractivity contribution in [2.45, 2.75) is 15.8 Å². The zero-order valence-electron chi connectivity index (χ0n) is 21.3. The molecule has 0 aromatic heterocycles. The minimum Gasteiger partial charge on any atom is -0.493 e. The fourth-order valence-corrected chi connectivity index (χ4v) is 7.23. The molecule has 1 aliphatic rings. The number of sulfonamides is 2. The number of rotatable bonds is 9. The molecule has 206 valence electrons. The lowest BCUT2D eigenvalue weighted by atomic mass is 10.2. The van der Waals surface area contributed by atoms with Crippen LogP contribution in [-0.2, 0) is 24.8 Å². The summed E-state index contributed by atoms with van der Waals surface area (Å²) in [5.74, 6) is 0.0617. The van der Waals surface area contributed by atoms with Crippen LogP contribution in [-0.4, -0.2) is 77.5 Å². The number of piperazine rings is 1. The average Bonchev–Trinajstić information content (AvgIpc) is 2.97. The molecule has 1 heterocycles. The lowest BCUT2D eigenvalue weighted by Crippen LogP contribution is -2.60. The van der Waals surface area contributed by atoms with Crippen molar-refractivity contribution in [3.63, 3.8) is 0 Å². The molecule has 1 saturated heterocycles. The Balaban J connectivity index is 1.64. The fraction of sp³-hybridized carbons (Fsp3) is 0.231. The molecule has 0 bridgehead atoms. The third-order valence-electron chi connectivity index (χ3n) is 6.14. The number of hydrazone groups is 1. The topological polar surface area (TPSA) is 135 Å². The third-order valence-corrected chi connectivity index (χ3v) is 9.94. The Hall–Kier alpha value is -3.78. The summed E-state index contributed by atoms with van der Waals surface area (Å²) in [7, 11) is -5.15. The van der Waals surface area contributed by atoms with E-state index >= 15 is 0 Å². The second-order valence-electron chi connectivity index (χ2n) is 8.44. The quantitative estimate of drug-likeness (QED) is 0.306. The average molecular weight is 573 g/mol. The number of carbonyl (C=O) groups excluding carboxylic acids is 1. The van der Waals surface area contributed by atoms with E-state index in [0.29, 0.717) is 17.1 Å². The van der Waals surface area contributed by atoms with Crippen molar-refractivity contribution in [3.8, 4) is 11.5 Å². The van der Waals surface area contributed by atoms with E-state index in [0.717, 1.165) is 8.61 Å². The Morgan fingerprint density at radius 2 is 1.46 bits per heavy atom. The van der Waals surface area contributed by atoms with Gasteiger partial charge in [-0.25, -0.2) is 22.3 Å². The summed E-state index contributed by atoms with van der Waals surface area (Å²) < 4.78 is 66.3. The molecule has 0 aliphatic carbocycles. The molecule has 0 radical (unpaired) electrons. The van der Waals surface area contributed by atoms with Gasteiger partial charge in [0.05, 0.1) is 30.2 Å². The largest absolute Gasteiger partial charge is 0.493 e. The van der Waals surface area contributed by atoms with Crippen LogP contribution in [0.3, 0.4) is 0 Å². The number of nitrogens with one attached hydrogen (secondary N) is 1. The summed E-state index contributed by atoms with van der Waals surface area (Å²) in [6.45, 7) is -0.751. The number of ether oxygens (including phenoxy) is 2. The van der Waals surface area contributed by atoms with E-state index in [4.69, 9.17) is 9.47 Å². The summed E-state index contributed by atoms with van der Waals surface area (Å²) >= 11 is 0. The van der Waals surface area contributed by atoms with Crippen LogP contribution in [0.5, 0.6) is 11.5 Å². The van der Waals surface area contributed by atoms with Gasteiger partial charge >= 0.3 is 0 Å². The molecule has 1 aliphatic heterocycles. The van der Waals surface area contributed by atoms with Crippen LogP contribution in [0, 0.1) is 0 Å². The molecule has 11 nitrogen and oxygen atoms in total. The van der Waals surface area contributed by atoms with Crippen LogP contribution < -0.4 is 14.9 Å². The highest BCUT2D eigenvalue weighted by Gasteiger charge is 2.43. The summed E-state index contributed by atoms with van der Waals surface area (Å²) in [5.41, 5.74) is 2.86. The SMILES string of the molecule is COc1cccc(/C=N\NC(=O)[C@H]2CN(S(=O)(=O)c3ccccc3)CCN2S(=O)(=O)c2ccccc2)c1OC. The molecule has 39 heavy (non-hydrogen) atoms. The Morgan fingerprint density at radius 3 is 2.05 bits per heavy atom. The molecule has 3 aromatic rings. The second-order valence-corrected chi connectivity index (χ2v) is 12.3. The predicted octanol–water partition coefficient (Wildman–Crippen LogP) is 1.92. The minimum atomic E-state index is -4.12. The van der Waals surface area contributed by atoms with Crippen molar-refractivity contribution < 1.29 is 31.1 Å². The van der Waals surface area contributed by atoms with E-state index in [9.17, 15) is 21.6 Å². The van der Waals surface area contributed by atoms with E-state index in [1.807, 2.05) is 0 Å². The van der Waals surface area contributed by atoms with Crippen molar-refractivity contribution in [2.24, 2.45) is 5.10 Å². The maximum atomic E-state index is 13.5. The van der Waals surface area contributed by atoms with Crippen LogP contribution in [0.15, 0.2) is 93.8 Å². The highest BCUT2D eigenvalue weighted by atomic mass is 32.2. The molecule has 4 rings (SSSR count). The molecular weight excluding hydrogens is 544 g/mol. The van der Waals surface area contributed by atoms with Gasteiger partial charge in [-0.1, -0.05) is 42.5 Å². The van der Waals surface area contributed by atoms with Gasteiger partial charge in [-0.05, 0) is 36.4 Å². The summed E-state index contributed by atoms with van der Waals surface area (Å²) in [4.78, 5) is 13.4. The second kappa shape index (κ2) is 11.9. The minimum absolute atomic E-state index is 0.00761. The van der Waals surface area contributed by atoms with E-state index in [1.54, 1.807) is 54.6 Å². The van der Waals surface area contributed by atoms with Crippen molar-refractivity contribution in [1.29, 1.82) is 0 Å². The Labute approximate surface area is 227 Å². The van der Waals surface area contributed by atoms with E-state index in [1.165, 1.54) is 44.7 Å². The van der Waals surface area contributed by atoms with Crippen molar-refractivity contribution in [3.05, 3.63) is 84.4 Å². The summed E-state index contributed by atoms with van der Waals surface area (Å²) in [5, 5.41) is 3.99. The standard InChI is InChI=1S/C26H28N4O7S2/c1-36-24-15-9-10-20(25(24)37-2)18-27-28-26(31)23-19-29(38(32,33)21-11-5-3-6-12-21)16-17-30(23)39(34,35)22-13-7-4-8-14-22/h3-15,18,23H,16-17,19H2,1-2H3,(H,28,31)/b27-18-/t23-/m1/s1. The first-order valence-electron chi connectivity index (χ1n) is 11.9. The van der Waals surface area contributed by atoms with E-state index < -0.39 is 38.5 Å². The molecule has 1 atom stereocenters. The van der Waals surface area contributed by atoms with Gasteiger partial charge in [0.15, 0.2) is 11.5 Å². The molecule has 1 fully saturated rings. The van der Waals surface area contributed by atoms with Gasteiger partial charge < -0.3 is 9.47 Å². The molecule has 0 unspecified atom stereocenters. The Kier molecular flexibility index (Phi) is 8.65. The fourth-order valence-electron chi connectivity index (χ4n) is 4.18. The van der Waals surface area contributed by atoms with Crippen LogP contribution in [0.2, 0.25) is 0 Å². The van der Waals surface area contributed by atoms with E-state index in [-0.39, 0.29) is 22.9 Å². The van der Waals surface area contributed by atoms with Crippen LogP contribution in [0.1, 0.15) is 5.56 Å². The first-order valence-corrected chi connectivity index (χ1v) is 14.7. The van der Waals surface area contributed by atoms with Gasteiger partial charge in [0.25, 0.3) is 5.91 Å². The molecule has 0 spiro atoms.